The number of rotatable bonds is 4. The maximum atomic E-state index is 13.4. The van der Waals surface area contributed by atoms with E-state index in [2.05, 4.69) is 33.1 Å². The fourth-order valence-electron chi connectivity index (χ4n) is 2.64. The second-order valence-electron chi connectivity index (χ2n) is 4.71. The Hall–Kier alpha value is -0.490. The minimum atomic E-state index is -0.228. The van der Waals surface area contributed by atoms with E-state index < -0.39 is 0 Å². The van der Waals surface area contributed by atoms with E-state index in [-0.39, 0.29) is 18.0 Å². The van der Waals surface area contributed by atoms with Gasteiger partial charge in [-0.25, -0.2) is 4.39 Å². The van der Waals surface area contributed by atoms with Crippen molar-refractivity contribution in [1.82, 2.24) is 10.2 Å². The highest BCUT2D eigenvalue weighted by molar-refractivity contribution is 9.10. The topological polar surface area (TPSA) is 24.5 Å². The van der Waals surface area contributed by atoms with Crippen molar-refractivity contribution >= 4 is 15.9 Å². The Kier molecular flexibility index (Phi) is 5.33. The monoisotopic (exact) mass is 330 g/mol. The lowest BCUT2D eigenvalue weighted by molar-refractivity contribution is -0.0687. The maximum Gasteiger partial charge on any atom is 0.137 e. The molecule has 1 fully saturated rings. The summed E-state index contributed by atoms with van der Waals surface area (Å²) >= 11 is 3.26. The summed E-state index contributed by atoms with van der Waals surface area (Å²) in [4.78, 5) is 2.38. The first-order chi connectivity index (χ1) is 9.17. The number of likely N-dealkylation sites (N-methyl/N-ethyl adjacent to an activating group) is 2. The third kappa shape index (κ3) is 3.34. The van der Waals surface area contributed by atoms with Gasteiger partial charge in [0.25, 0.3) is 0 Å². The second-order valence-corrected chi connectivity index (χ2v) is 5.57. The molecule has 0 amide bonds. The van der Waals surface area contributed by atoms with Crippen molar-refractivity contribution in [2.75, 3.05) is 33.3 Å². The van der Waals surface area contributed by atoms with E-state index in [4.69, 9.17) is 4.74 Å². The Morgan fingerprint density at radius 3 is 2.95 bits per heavy atom. The van der Waals surface area contributed by atoms with E-state index >= 15 is 0 Å². The quantitative estimate of drug-likeness (QED) is 0.918. The van der Waals surface area contributed by atoms with Gasteiger partial charge in [0.2, 0.25) is 0 Å². The molecule has 0 saturated carbocycles. The molecular weight excluding hydrogens is 311 g/mol. The first-order valence-electron chi connectivity index (χ1n) is 6.62. The average molecular weight is 331 g/mol. The Balaban J connectivity index is 2.30. The number of nitrogens with one attached hydrogen (secondary N) is 1. The van der Waals surface area contributed by atoms with Crippen molar-refractivity contribution in [3.8, 4) is 0 Å². The lowest BCUT2D eigenvalue weighted by atomic mass is 9.98. The molecule has 2 unspecified atom stereocenters. The third-order valence-corrected chi connectivity index (χ3v) is 4.16. The van der Waals surface area contributed by atoms with Gasteiger partial charge in [0.15, 0.2) is 0 Å². The Morgan fingerprint density at radius 1 is 1.53 bits per heavy atom. The summed E-state index contributed by atoms with van der Waals surface area (Å²) in [5.74, 6) is -0.228. The predicted molar refractivity (Wildman–Crippen MR) is 77.8 cm³/mol. The zero-order chi connectivity index (χ0) is 13.8. The molecule has 1 saturated heterocycles. The SMILES string of the molecule is CCN1CCOC(CNC)C1c1ccc(F)c(Br)c1. The number of hydrogen-bond donors (Lipinski definition) is 1. The highest BCUT2D eigenvalue weighted by atomic mass is 79.9. The number of nitrogens with zero attached hydrogens (tertiary/aromatic N) is 1. The van der Waals surface area contributed by atoms with Crippen molar-refractivity contribution in [1.29, 1.82) is 0 Å². The van der Waals surface area contributed by atoms with Gasteiger partial charge < -0.3 is 10.1 Å². The van der Waals surface area contributed by atoms with Crippen LogP contribution in [0.3, 0.4) is 0 Å². The summed E-state index contributed by atoms with van der Waals surface area (Å²) < 4.78 is 19.8. The molecule has 0 bridgehead atoms. The van der Waals surface area contributed by atoms with Gasteiger partial charge in [0.05, 0.1) is 23.2 Å². The van der Waals surface area contributed by atoms with Crippen molar-refractivity contribution in [2.24, 2.45) is 0 Å². The average Bonchev–Trinajstić information content (AvgIpc) is 2.42. The first-order valence-corrected chi connectivity index (χ1v) is 7.41. The zero-order valence-corrected chi connectivity index (χ0v) is 12.9. The number of benzene rings is 1. The molecule has 19 heavy (non-hydrogen) atoms. The van der Waals surface area contributed by atoms with Crippen molar-refractivity contribution in [3.05, 3.63) is 34.1 Å². The Labute approximate surface area is 122 Å². The van der Waals surface area contributed by atoms with Gasteiger partial charge in [-0.1, -0.05) is 13.0 Å². The summed E-state index contributed by atoms with van der Waals surface area (Å²) in [7, 11) is 1.92. The van der Waals surface area contributed by atoms with Crippen LogP contribution in [-0.2, 0) is 4.74 Å². The van der Waals surface area contributed by atoms with Crippen LogP contribution >= 0.6 is 15.9 Å². The van der Waals surface area contributed by atoms with E-state index in [1.165, 1.54) is 6.07 Å². The molecule has 0 aliphatic carbocycles. The summed E-state index contributed by atoms with van der Waals surface area (Å²) in [6, 6.07) is 5.39. The van der Waals surface area contributed by atoms with E-state index in [9.17, 15) is 4.39 Å². The van der Waals surface area contributed by atoms with Gasteiger partial charge in [-0.3, -0.25) is 4.90 Å². The smallest absolute Gasteiger partial charge is 0.137 e. The molecule has 1 aliphatic rings. The van der Waals surface area contributed by atoms with Crippen LogP contribution in [0.2, 0.25) is 0 Å². The van der Waals surface area contributed by atoms with E-state index in [0.29, 0.717) is 4.47 Å². The lowest BCUT2D eigenvalue weighted by Crippen LogP contribution is -2.48. The van der Waals surface area contributed by atoms with Gasteiger partial charge in [-0.2, -0.15) is 0 Å². The van der Waals surface area contributed by atoms with E-state index in [1.807, 2.05) is 19.2 Å². The number of hydrogen-bond acceptors (Lipinski definition) is 3. The molecule has 0 aromatic heterocycles. The molecule has 1 aromatic rings. The van der Waals surface area contributed by atoms with Crippen LogP contribution in [0, 0.1) is 5.82 Å². The molecule has 1 aliphatic heterocycles. The number of ether oxygens (including phenoxy) is 1. The zero-order valence-electron chi connectivity index (χ0n) is 11.3. The molecular formula is C14H20BrFN2O. The fourth-order valence-corrected chi connectivity index (χ4v) is 3.03. The van der Waals surface area contributed by atoms with Crippen molar-refractivity contribution < 1.29 is 9.13 Å². The van der Waals surface area contributed by atoms with Gasteiger partial charge in [-0.15, -0.1) is 0 Å². The summed E-state index contributed by atoms with van der Waals surface area (Å²) in [6.45, 7) is 5.56. The lowest BCUT2D eigenvalue weighted by Gasteiger charge is -2.41. The largest absolute Gasteiger partial charge is 0.374 e. The molecule has 3 nitrogen and oxygen atoms in total. The van der Waals surface area contributed by atoms with Gasteiger partial charge >= 0.3 is 0 Å². The second kappa shape index (κ2) is 6.79. The molecule has 5 heteroatoms. The third-order valence-electron chi connectivity index (χ3n) is 3.55. The molecule has 0 radical (unpaired) electrons. The van der Waals surface area contributed by atoms with E-state index in [0.717, 1.165) is 31.8 Å². The van der Waals surface area contributed by atoms with E-state index in [1.54, 1.807) is 0 Å². The summed E-state index contributed by atoms with van der Waals surface area (Å²) in [5, 5.41) is 3.17. The van der Waals surface area contributed by atoms with Crippen LogP contribution in [0.15, 0.2) is 22.7 Å². The van der Waals surface area contributed by atoms with Crippen LogP contribution in [0.25, 0.3) is 0 Å². The molecule has 1 N–H and O–H groups in total. The first kappa shape index (κ1) is 14.9. The highest BCUT2D eigenvalue weighted by Crippen LogP contribution is 2.31. The predicted octanol–water partition coefficient (Wildman–Crippen LogP) is 2.57. The molecule has 106 valence electrons. The molecule has 1 heterocycles. The Morgan fingerprint density at radius 2 is 2.32 bits per heavy atom. The van der Waals surface area contributed by atoms with Gasteiger partial charge in [-0.05, 0) is 47.2 Å². The standard InChI is InChI=1S/C14H20BrFN2O/c1-3-18-6-7-19-13(9-17-2)14(18)10-4-5-12(16)11(15)8-10/h4-5,8,13-14,17H,3,6-7,9H2,1-2H3. The minimum absolute atomic E-state index is 0.0936. The molecule has 2 atom stereocenters. The Bertz CT molecular complexity index is 428. The van der Waals surface area contributed by atoms with Crippen LogP contribution < -0.4 is 5.32 Å². The van der Waals surface area contributed by atoms with Crippen LogP contribution in [0.5, 0.6) is 0 Å². The summed E-state index contributed by atoms with van der Waals surface area (Å²) in [6.07, 6.45) is 0.0936. The minimum Gasteiger partial charge on any atom is -0.374 e. The van der Waals surface area contributed by atoms with Crippen LogP contribution in [0.1, 0.15) is 18.5 Å². The fraction of sp³-hybridized carbons (Fsp3) is 0.571. The van der Waals surface area contributed by atoms with Crippen LogP contribution in [0.4, 0.5) is 4.39 Å². The normalized spacial score (nSPS) is 24.6. The van der Waals surface area contributed by atoms with Gasteiger partial charge in [0.1, 0.15) is 5.82 Å². The number of morpholine rings is 1. The summed E-state index contributed by atoms with van der Waals surface area (Å²) in [5.41, 5.74) is 1.09. The molecule has 2 rings (SSSR count). The van der Waals surface area contributed by atoms with Crippen LogP contribution in [-0.4, -0.2) is 44.3 Å². The highest BCUT2D eigenvalue weighted by Gasteiger charge is 2.32. The molecule has 0 spiro atoms. The van der Waals surface area contributed by atoms with Crippen molar-refractivity contribution in [3.63, 3.8) is 0 Å². The van der Waals surface area contributed by atoms with Crippen molar-refractivity contribution in [2.45, 2.75) is 19.1 Å². The van der Waals surface area contributed by atoms with Gasteiger partial charge in [0, 0.05) is 13.1 Å². The number of halogens is 2. The maximum absolute atomic E-state index is 13.4. The molecule has 1 aromatic carbocycles.